The van der Waals surface area contributed by atoms with Crippen LogP contribution in [0, 0.1) is 0 Å². The lowest BCUT2D eigenvalue weighted by Crippen LogP contribution is -2.39. The van der Waals surface area contributed by atoms with Gasteiger partial charge in [0.15, 0.2) is 0 Å². The highest BCUT2D eigenvalue weighted by Gasteiger charge is 2.20. The molecule has 0 radical (unpaired) electrons. The van der Waals surface area contributed by atoms with Crippen molar-refractivity contribution in [3.63, 3.8) is 0 Å². The van der Waals surface area contributed by atoms with Gasteiger partial charge in [-0.3, -0.25) is 0 Å². The van der Waals surface area contributed by atoms with E-state index in [1.54, 1.807) is 20.8 Å². The van der Waals surface area contributed by atoms with Gasteiger partial charge in [0.2, 0.25) is 0 Å². The second kappa shape index (κ2) is 6.92. The first-order valence-electron chi connectivity index (χ1n) is 5.95. The Morgan fingerprint density at radius 1 is 1.33 bits per heavy atom. The van der Waals surface area contributed by atoms with E-state index >= 15 is 0 Å². The van der Waals surface area contributed by atoms with Crippen LogP contribution in [0.15, 0.2) is 0 Å². The predicted molar refractivity (Wildman–Crippen MR) is 67.6 cm³/mol. The molecule has 18 heavy (non-hydrogen) atoms. The summed E-state index contributed by atoms with van der Waals surface area (Å²) >= 11 is 0. The molecule has 0 aromatic heterocycles. The van der Waals surface area contributed by atoms with Gasteiger partial charge in [0.25, 0.3) is 0 Å². The smallest absolute Gasteiger partial charge is 0.407 e. The van der Waals surface area contributed by atoms with Crippen LogP contribution in [0.3, 0.4) is 0 Å². The minimum Gasteiger partial charge on any atom is -0.444 e. The molecule has 0 aliphatic rings. The number of carbonyl (C=O) groups excluding carboxylic acids is 1. The van der Waals surface area contributed by atoms with Crippen LogP contribution < -0.4 is 5.32 Å². The number of halogens is 1. The van der Waals surface area contributed by atoms with Crippen molar-refractivity contribution in [3.8, 4) is 0 Å². The minimum atomic E-state index is -4.50. The van der Waals surface area contributed by atoms with E-state index in [1.165, 1.54) is 0 Å². The van der Waals surface area contributed by atoms with Gasteiger partial charge in [0, 0.05) is 6.04 Å². The second-order valence-electron chi connectivity index (χ2n) is 5.16. The average Bonchev–Trinajstić information content (AvgIpc) is 2.10. The monoisotopic (exact) mass is 283 g/mol. The molecule has 0 fully saturated rings. The van der Waals surface area contributed by atoms with E-state index in [9.17, 15) is 17.1 Å². The Morgan fingerprint density at radius 2 is 1.89 bits per heavy atom. The van der Waals surface area contributed by atoms with Crippen molar-refractivity contribution in [1.29, 1.82) is 0 Å². The molecule has 0 saturated heterocycles. The molecule has 108 valence electrons. The number of ether oxygens (including phenoxy) is 1. The zero-order valence-electron chi connectivity index (χ0n) is 11.3. The zero-order valence-corrected chi connectivity index (χ0v) is 12.1. The van der Waals surface area contributed by atoms with Crippen LogP contribution in [0.2, 0.25) is 0 Å². The molecule has 0 aliphatic carbocycles. The summed E-state index contributed by atoms with van der Waals surface area (Å²) in [5, 5.41) is 2.55. The Labute approximate surface area is 108 Å². The summed E-state index contributed by atoms with van der Waals surface area (Å²) in [5.41, 5.74) is -0.618. The topological polar surface area (TPSA) is 72.5 Å². The summed E-state index contributed by atoms with van der Waals surface area (Å²) in [7, 11) is -4.50. The largest absolute Gasteiger partial charge is 0.444 e. The molecule has 0 rings (SSSR count). The van der Waals surface area contributed by atoms with Crippen LogP contribution in [0.4, 0.5) is 8.68 Å². The molecule has 1 atom stereocenters. The summed E-state index contributed by atoms with van der Waals surface area (Å²) in [6.07, 6.45) is 0.769. The summed E-state index contributed by atoms with van der Waals surface area (Å²) in [6.45, 7) is 7.09. The molecule has 0 aromatic carbocycles. The fraction of sp³-hybridized carbons (Fsp3) is 0.909. The second-order valence-corrected chi connectivity index (χ2v) is 6.65. The summed E-state index contributed by atoms with van der Waals surface area (Å²) in [4.78, 5) is 11.5. The lowest BCUT2D eigenvalue weighted by molar-refractivity contribution is 0.0500. The van der Waals surface area contributed by atoms with Gasteiger partial charge >= 0.3 is 16.3 Å². The molecule has 1 amide bonds. The fourth-order valence-corrected chi connectivity index (χ4v) is 1.96. The van der Waals surface area contributed by atoms with Crippen LogP contribution in [0.25, 0.3) is 0 Å². The van der Waals surface area contributed by atoms with E-state index in [1.807, 2.05) is 6.92 Å². The quantitative estimate of drug-likeness (QED) is 0.760. The average molecular weight is 283 g/mol. The van der Waals surface area contributed by atoms with Gasteiger partial charge in [-0.2, -0.15) is 8.42 Å². The molecule has 7 heteroatoms. The highest BCUT2D eigenvalue weighted by Crippen LogP contribution is 2.09. The third-order valence-corrected chi connectivity index (χ3v) is 2.79. The third-order valence-electron chi connectivity index (χ3n) is 2.07. The Balaban J connectivity index is 4.31. The maximum atomic E-state index is 12.4. The zero-order chi connectivity index (χ0) is 14.4. The molecule has 0 bridgehead atoms. The highest BCUT2D eigenvalue weighted by molar-refractivity contribution is 7.86. The number of hydrogen-bond donors (Lipinski definition) is 1. The number of hydrogen-bond acceptors (Lipinski definition) is 4. The maximum Gasteiger partial charge on any atom is 0.407 e. The summed E-state index contributed by atoms with van der Waals surface area (Å²) in [5.74, 6) is -0.590. The molecule has 1 N–H and O–H groups in total. The van der Waals surface area contributed by atoms with Crippen LogP contribution in [0.5, 0.6) is 0 Å². The molecule has 0 spiro atoms. The highest BCUT2D eigenvalue weighted by atomic mass is 32.3. The molecular weight excluding hydrogens is 261 g/mol. The van der Waals surface area contributed by atoms with E-state index in [0.29, 0.717) is 6.42 Å². The van der Waals surface area contributed by atoms with E-state index in [-0.39, 0.29) is 6.42 Å². The summed E-state index contributed by atoms with van der Waals surface area (Å²) < 4.78 is 38.4. The van der Waals surface area contributed by atoms with Crippen molar-refractivity contribution < 1.29 is 21.8 Å². The van der Waals surface area contributed by atoms with Gasteiger partial charge in [0.1, 0.15) is 5.60 Å². The molecule has 0 saturated carbocycles. The number of amides is 1. The fourth-order valence-electron chi connectivity index (χ4n) is 1.39. The van der Waals surface area contributed by atoms with Crippen LogP contribution in [-0.4, -0.2) is 31.9 Å². The summed E-state index contributed by atoms with van der Waals surface area (Å²) in [6, 6.07) is -0.393. The van der Waals surface area contributed by atoms with E-state index in [4.69, 9.17) is 4.74 Å². The van der Waals surface area contributed by atoms with Crippen molar-refractivity contribution in [2.75, 3.05) is 5.75 Å². The standard InChI is InChI=1S/C11H22FNO4S/c1-5-6-9(7-8-18(12,15)16)13-10(14)17-11(2,3)4/h9H,5-8H2,1-4H3,(H,13,14). The van der Waals surface area contributed by atoms with Crippen LogP contribution in [0.1, 0.15) is 47.0 Å². The van der Waals surface area contributed by atoms with Crippen LogP contribution >= 0.6 is 0 Å². The minimum absolute atomic E-state index is 0.0475. The van der Waals surface area contributed by atoms with Crippen LogP contribution in [-0.2, 0) is 15.0 Å². The van der Waals surface area contributed by atoms with Crippen molar-refractivity contribution in [3.05, 3.63) is 0 Å². The number of nitrogens with one attached hydrogen (secondary N) is 1. The Hall–Kier alpha value is -0.850. The molecule has 5 nitrogen and oxygen atoms in total. The normalized spacial score (nSPS) is 14.1. The Morgan fingerprint density at radius 3 is 2.28 bits per heavy atom. The predicted octanol–water partition coefficient (Wildman–Crippen LogP) is 2.37. The van der Waals surface area contributed by atoms with Gasteiger partial charge in [-0.15, -0.1) is 3.89 Å². The molecule has 0 aliphatic heterocycles. The van der Waals surface area contributed by atoms with Gasteiger partial charge in [-0.25, -0.2) is 4.79 Å². The first kappa shape index (κ1) is 17.2. The maximum absolute atomic E-state index is 12.4. The number of alkyl carbamates (subject to hydrolysis) is 1. The van der Waals surface area contributed by atoms with Gasteiger partial charge in [-0.1, -0.05) is 13.3 Å². The van der Waals surface area contributed by atoms with E-state index in [0.717, 1.165) is 6.42 Å². The lowest BCUT2D eigenvalue weighted by Gasteiger charge is -2.23. The molecule has 0 heterocycles. The van der Waals surface area contributed by atoms with Gasteiger partial charge in [-0.05, 0) is 33.6 Å². The molecule has 1 unspecified atom stereocenters. The molecular formula is C11H22FNO4S. The Kier molecular flexibility index (Phi) is 6.59. The lowest BCUT2D eigenvalue weighted by atomic mass is 10.1. The third kappa shape index (κ3) is 10.3. The van der Waals surface area contributed by atoms with Gasteiger partial charge < -0.3 is 10.1 Å². The number of carbonyl (C=O) groups is 1. The number of rotatable bonds is 6. The van der Waals surface area contributed by atoms with E-state index in [2.05, 4.69) is 5.32 Å². The van der Waals surface area contributed by atoms with Crippen molar-refractivity contribution in [1.82, 2.24) is 5.32 Å². The van der Waals surface area contributed by atoms with Gasteiger partial charge in [0.05, 0.1) is 5.75 Å². The van der Waals surface area contributed by atoms with E-state index < -0.39 is 33.7 Å². The first-order valence-corrected chi connectivity index (χ1v) is 7.50. The molecule has 0 aromatic rings. The Bertz CT molecular complexity index is 362. The van der Waals surface area contributed by atoms with Crippen molar-refractivity contribution in [2.24, 2.45) is 0 Å². The SMILES string of the molecule is CCCC(CCS(=O)(=O)F)NC(=O)OC(C)(C)C. The van der Waals surface area contributed by atoms with Crippen molar-refractivity contribution >= 4 is 16.3 Å². The first-order chi connectivity index (χ1) is 8.03. The van der Waals surface area contributed by atoms with Crippen molar-refractivity contribution in [2.45, 2.75) is 58.6 Å².